The second-order valence-electron chi connectivity index (χ2n) is 5.90. The zero-order chi connectivity index (χ0) is 14.0. The molecule has 112 valence electrons. The molecule has 1 aliphatic heterocycles. The van der Waals surface area contributed by atoms with E-state index >= 15 is 0 Å². The lowest BCUT2D eigenvalue weighted by Crippen LogP contribution is -2.40. The minimum absolute atomic E-state index is 0.377. The second kappa shape index (κ2) is 6.28. The van der Waals surface area contributed by atoms with Gasteiger partial charge < -0.3 is 10.3 Å². The van der Waals surface area contributed by atoms with Crippen LogP contribution in [0.1, 0.15) is 56.0 Å². The third-order valence-corrected chi connectivity index (χ3v) is 7.30. The van der Waals surface area contributed by atoms with Gasteiger partial charge in [-0.1, -0.05) is 18.5 Å². The van der Waals surface area contributed by atoms with Crippen LogP contribution in [0.25, 0.3) is 0 Å². The Balaban J connectivity index is 1.69. The summed E-state index contributed by atoms with van der Waals surface area (Å²) in [5, 5.41) is 4.58. The molecule has 0 spiro atoms. The summed E-state index contributed by atoms with van der Waals surface area (Å²) in [6.45, 7) is 2.26. The maximum Gasteiger partial charge on any atom is 0.246 e. The highest BCUT2D eigenvalue weighted by molar-refractivity contribution is 8.06. The van der Waals surface area contributed by atoms with E-state index in [-0.39, 0.29) is 5.54 Å². The summed E-state index contributed by atoms with van der Waals surface area (Å²) in [6, 6.07) is 0. The van der Waals surface area contributed by atoms with Crippen molar-refractivity contribution in [2.75, 3.05) is 17.3 Å². The van der Waals surface area contributed by atoms with Gasteiger partial charge in [0.25, 0.3) is 0 Å². The molecule has 4 nitrogen and oxygen atoms in total. The van der Waals surface area contributed by atoms with Crippen molar-refractivity contribution in [1.29, 1.82) is 0 Å². The number of aromatic nitrogens is 2. The highest BCUT2D eigenvalue weighted by Crippen LogP contribution is 2.40. The van der Waals surface area contributed by atoms with E-state index in [0.29, 0.717) is 11.1 Å². The number of nitrogens with zero attached hydrogens (tertiary/aromatic N) is 2. The van der Waals surface area contributed by atoms with Crippen molar-refractivity contribution in [2.24, 2.45) is 11.7 Å². The average Bonchev–Trinajstić information content (AvgIpc) is 3.00. The standard InChI is InChI=1S/C14H23N3OS2/c1-2-10-3-5-14(15,6-4-10)13-16-12(17-18-13)11-9-19-7-8-20-11/h10-11H,2-9,15H2,1H3. The minimum Gasteiger partial charge on any atom is -0.337 e. The zero-order valence-electron chi connectivity index (χ0n) is 12.0. The van der Waals surface area contributed by atoms with Gasteiger partial charge in [0.15, 0.2) is 5.82 Å². The van der Waals surface area contributed by atoms with Gasteiger partial charge >= 0.3 is 0 Å². The topological polar surface area (TPSA) is 64.9 Å². The van der Waals surface area contributed by atoms with Crippen LogP contribution in [0.5, 0.6) is 0 Å². The Hall–Kier alpha value is -0.200. The van der Waals surface area contributed by atoms with Crippen molar-refractivity contribution in [3.63, 3.8) is 0 Å². The molecule has 1 saturated carbocycles. The molecule has 2 fully saturated rings. The van der Waals surface area contributed by atoms with Crippen LogP contribution in [0.2, 0.25) is 0 Å². The van der Waals surface area contributed by atoms with Gasteiger partial charge in [-0.25, -0.2) is 0 Å². The molecule has 2 heterocycles. The van der Waals surface area contributed by atoms with Gasteiger partial charge in [0.1, 0.15) is 0 Å². The molecule has 0 amide bonds. The van der Waals surface area contributed by atoms with E-state index in [1.54, 1.807) is 0 Å². The Morgan fingerprint density at radius 2 is 2.15 bits per heavy atom. The number of hydrogen-bond donors (Lipinski definition) is 1. The highest BCUT2D eigenvalue weighted by atomic mass is 32.2. The fourth-order valence-corrected chi connectivity index (χ4v) is 5.61. The first-order valence-electron chi connectivity index (χ1n) is 7.53. The van der Waals surface area contributed by atoms with E-state index in [2.05, 4.69) is 17.1 Å². The van der Waals surface area contributed by atoms with Gasteiger partial charge in [-0.15, -0.1) is 11.8 Å². The van der Waals surface area contributed by atoms with E-state index < -0.39 is 0 Å². The number of rotatable bonds is 3. The van der Waals surface area contributed by atoms with Crippen molar-refractivity contribution in [3.8, 4) is 0 Å². The van der Waals surface area contributed by atoms with Crippen LogP contribution in [-0.4, -0.2) is 27.4 Å². The van der Waals surface area contributed by atoms with Crippen molar-refractivity contribution in [1.82, 2.24) is 10.1 Å². The monoisotopic (exact) mass is 313 g/mol. The molecule has 3 rings (SSSR count). The summed E-state index contributed by atoms with van der Waals surface area (Å²) in [5.74, 6) is 5.81. The molecule has 1 aromatic rings. The van der Waals surface area contributed by atoms with Gasteiger partial charge in [-0.05, 0) is 31.6 Å². The van der Waals surface area contributed by atoms with Crippen LogP contribution in [0.3, 0.4) is 0 Å². The molecule has 0 aromatic carbocycles. The van der Waals surface area contributed by atoms with Crippen LogP contribution in [0, 0.1) is 5.92 Å². The molecule has 1 aliphatic carbocycles. The van der Waals surface area contributed by atoms with Crippen molar-refractivity contribution in [2.45, 2.75) is 49.8 Å². The Kier molecular flexibility index (Phi) is 4.62. The largest absolute Gasteiger partial charge is 0.337 e. The van der Waals surface area contributed by atoms with Gasteiger partial charge in [-0.3, -0.25) is 0 Å². The van der Waals surface area contributed by atoms with E-state index in [9.17, 15) is 0 Å². The maximum atomic E-state index is 6.53. The lowest BCUT2D eigenvalue weighted by molar-refractivity contribution is 0.181. The molecule has 6 heteroatoms. The lowest BCUT2D eigenvalue weighted by atomic mass is 9.76. The second-order valence-corrected chi connectivity index (χ2v) is 8.36. The summed E-state index contributed by atoms with van der Waals surface area (Å²) >= 11 is 3.90. The predicted octanol–water partition coefficient (Wildman–Crippen LogP) is 3.34. The first kappa shape index (κ1) is 14.7. The molecular weight excluding hydrogens is 290 g/mol. The SMILES string of the molecule is CCC1CCC(N)(c2nc(C3CSCCS3)no2)CC1. The molecule has 1 atom stereocenters. The molecular formula is C14H23N3OS2. The lowest BCUT2D eigenvalue weighted by Gasteiger charge is -2.33. The summed E-state index contributed by atoms with van der Waals surface area (Å²) in [5.41, 5.74) is 6.15. The van der Waals surface area contributed by atoms with Crippen LogP contribution in [0.4, 0.5) is 0 Å². The smallest absolute Gasteiger partial charge is 0.246 e. The Bertz CT molecular complexity index is 437. The van der Waals surface area contributed by atoms with Crippen molar-refractivity contribution in [3.05, 3.63) is 11.7 Å². The van der Waals surface area contributed by atoms with E-state index in [1.165, 1.54) is 30.8 Å². The Morgan fingerprint density at radius 3 is 2.80 bits per heavy atom. The third kappa shape index (κ3) is 3.02. The molecule has 2 N–H and O–H groups in total. The number of hydrogen-bond acceptors (Lipinski definition) is 6. The molecule has 1 unspecified atom stereocenters. The zero-order valence-corrected chi connectivity index (χ0v) is 13.6. The highest BCUT2D eigenvalue weighted by Gasteiger charge is 2.38. The van der Waals surface area contributed by atoms with E-state index in [4.69, 9.17) is 10.3 Å². The molecule has 2 aliphatic rings. The normalized spacial score (nSPS) is 35.1. The maximum absolute atomic E-state index is 6.53. The van der Waals surface area contributed by atoms with Gasteiger partial charge in [-0.2, -0.15) is 16.7 Å². The van der Waals surface area contributed by atoms with Crippen molar-refractivity contribution < 1.29 is 4.52 Å². The Morgan fingerprint density at radius 1 is 1.35 bits per heavy atom. The number of nitrogens with two attached hydrogens (primary N) is 1. The number of thioether (sulfide) groups is 2. The van der Waals surface area contributed by atoms with Gasteiger partial charge in [0.2, 0.25) is 5.89 Å². The fourth-order valence-electron chi connectivity index (χ4n) is 3.02. The molecule has 0 bridgehead atoms. The minimum atomic E-state index is -0.386. The van der Waals surface area contributed by atoms with E-state index in [0.717, 1.165) is 30.3 Å². The van der Waals surface area contributed by atoms with Crippen molar-refractivity contribution >= 4 is 23.5 Å². The fraction of sp³-hybridized carbons (Fsp3) is 0.857. The molecule has 1 aromatic heterocycles. The quantitative estimate of drug-likeness (QED) is 0.923. The molecule has 20 heavy (non-hydrogen) atoms. The third-order valence-electron chi connectivity index (χ3n) is 4.55. The first-order chi connectivity index (χ1) is 9.71. The summed E-state index contributed by atoms with van der Waals surface area (Å²) in [7, 11) is 0. The Labute approximate surface area is 129 Å². The van der Waals surface area contributed by atoms with Gasteiger partial charge in [0.05, 0.1) is 10.8 Å². The van der Waals surface area contributed by atoms with Crippen LogP contribution >= 0.6 is 23.5 Å². The van der Waals surface area contributed by atoms with Gasteiger partial charge in [0, 0.05) is 17.3 Å². The predicted molar refractivity (Wildman–Crippen MR) is 84.9 cm³/mol. The van der Waals surface area contributed by atoms with Crippen LogP contribution in [0.15, 0.2) is 4.52 Å². The first-order valence-corrected chi connectivity index (χ1v) is 9.74. The van der Waals surface area contributed by atoms with Crippen LogP contribution < -0.4 is 5.73 Å². The average molecular weight is 313 g/mol. The van der Waals surface area contributed by atoms with E-state index in [1.807, 2.05) is 23.5 Å². The molecule has 0 radical (unpaired) electrons. The van der Waals surface area contributed by atoms with Crippen LogP contribution in [-0.2, 0) is 5.54 Å². The molecule has 1 saturated heterocycles. The summed E-state index contributed by atoms with van der Waals surface area (Å²) in [6.07, 6.45) is 5.55. The summed E-state index contributed by atoms with van der Waals surface area (Å²) < 4.78 is 5.52. The summed E-state index contributed by atoms with van der Waals surface area (Å²) in [4.78, 5) is 4.64.